The standard InChI is InChI=1S/C20H28O6/c1-13(2)19(23)25-6-5-24-17(21)3-4-18(22)26-20-10-14-7-15(11-20)9-16(8-14)12-20/h14-16H,1,3-12H2,2H3. The minimum atomic E-state index is -0.514. The third kappa shape index (κ3) is 4.65. The summed E-state index contributed by atoms with van der Waals surface area (Å²) in [6, 6.07) is 0. The zero-order valence-electron chi connectivity index (χ0n) is 15.5. The highest BCUT2D eigenvalue weighted by Gasteiger charge is 2.53. The van der Waals surface area contributed by atoms with Gasteiger partial charge in [0.1, 0.15) is 18.8 Å². The summed E-state index contributed by atoms with van der Waals surface area (Å²) in [7, 11) is 0. The molecular weight excluding hydrogens is 336 g/mol. The maximum Gasteiger partial charge on any atom is 0.333 e. The summed E-state index contributed by atoms with van der Waals surface area (Å²) in [5.74, 6) is 0.819. The molecule has 0 N–H and O–H groups in total. The van der Waals surface area contributed by atoms with Crippen molar-refractivity contribution in [3.05, 3.63) is 12.2 Å². The van der Waals surface area contributed by atoms with Crippen LogP contribution in [-0.2, 0) is 28.6 Å². The van der Waals surface area contributed by atoms with E-state index in [9.17, 15) is 14.4 Å². The second kappa shape index (κ2) is 7.80. The van der Waals surface area contributed by atoms with Crippen LogP contribution < -0.4 is 0 Å². The Balaban J connectivity index is 1.33. The molecule has 0 aromatic rings. The van der Waals surface area contributed by atoms with Gasteiger partial charge < -0.3 is 14.2 Å². The quantitative estimate of drug-likeness (QED) is 0.285. The van der Waals surface area contributed by atoms with Gasteiger partial charge in [-0.3, -0.25) is 9.59 Å². The topological polar surface area (TPSA) is 78.9 Å². The Morgan fingerprint density at radius 3 is 1.92 bits per heavy atom. The van der Waals surface area contributed by atoms with Crippen LogP contribution >= 0.6 is 0 Å². The average molecular weight is 364 g/mol. The van der Waals surface area contributed by atoms with Crippen LogP contribution in [0.25, 0.3) is 0 Å². The van der Waals surface area contributed by atoms with Crippen molar-refractivity contribution in [1.29, 1.82) is 0 Å². The highest BCUT2D eigenvalue weighted by Crippen LogP contribution is 2.57. The van der Waals surface area contributed by atoms with Gasteiger partial charge in [0.2, 0.25) is 0 Å². The third-order valence-corrected chi connectivity index (χ3v) is 5.77. The molecule has 0 unspecified atom stereocenters. The van der Waals surface area contributed by atoms with Crippen LogP contribution in [0.15, 0.2) is 12.2 Å². The molecule has 4 aliphatic carbocycles. The smallest absolute Gasteiger partial charge is 0.333 e. The highest BCUT2D eigenvalue weighted by molar-refractivity contribution is 5.86. The SMILES string of the molecule is C=C(C)C(=O)OCCOC(=O)CCC(=O)OC12CC3CC(CC(C3)C1)C2. The Kier molecular flexibility index (Phi) is 5.68. The molecular formula is C20H28O6. The first kappa shape index (κ1) is 18.9. The van der Waals surface area contributed by atoms with E-state index in [4.69, 9.17) is 14.2 Å². The van der Waals surface area contributed by atoms with Gasteiger partial charge in [-0.05, 0) is 63.2 Å². The lowest BCUT2D eigenvalue weighted by Crippen LogP contribution is -2.52. The van der Waals surface area contributed by atoms with Crippen LogP contribution in [0, 0.1) is 17.8 Å². The number of hydrogen-bond acceptors (Lipinski definition) is 6. The highest BCUT2D eigenvalue weighted by atomic mass is 16.6. The van der Waals surface area contributed by atoms with E-state index in [1.165, 1.54) is 19.3 Å². The van der Waals surface area contributed by atoms with E-state index in [0.29, 0.717) is 23.3 Å². The van der Waals surface area contributed by atoms with Crippen molar-refractivity contribution < 1.29 is 28.6 Å². The summed E-state index contributed by atoms with van der Waals surface area (Å²) in [6.07, 6.45) is 6.86. The molecule has 4 saturated carbocycles. The Hall–Kier alpha value is -1.85. The minimum absolute atomic E-state index is 0.0143. The van der Waals surface area contributed by atoms with E-state index in [1.807, 2.05) is 0 Å². The Morgan fingerprint density at radius 1 is 0.885 bits per heavy atom. The number of rotatable bonds is 8. The van der Waals surface area contributed by atoms with E-state index in [2.05, 4.69) is 6.58 Å². The second-order valence-corrected chi connectivity index (χ2v) is 8.21. The van der Waals surface area contributed by atoms with Gasteiger partial charge in [0.05, 0.1) is 12.8 Å². The number of carbonyl (C=O) groups is 3. The molecule has 4 bridgehead atoms. The fourth-order valence-electron chi connectivity index (χ4n) is 5.14. The number of esters is 3. The fraction of sp³-hybridized carbons (Fsp3) is 0.750. The summed E-state index contributed by atoms with van der Waals surface area (Å²) in [5, 5.41) is 0. The third-order valence-electron chi connectivity index (χ3n) is 5.77. The number of hydrogen-bond donors (Lipinski definition) is 0. The molecule has 0 amide bonds. The molecule has 0 saturated heterocycles. The lowest BCUT2D eigenvalue weighted by molar-refractivity contribution is -0.187. The molecule has 4 aliphatic rings. The van der Waals surface area contributed by atoms with E-state index < -0.39 is 11.9 Å². The van der Waals surface area contributed by atoms with Crippen LogP contribution in [-0.4, -0.2) is 36.7 Å². The maximum absolute atomic E-state index is 12.2. The van der Waals surface area contributed by atoms with Crippen molar-refractivity contribution >= 4 is 17.9 Å². The van der Waals surface area contributed by atoms with E-state index in [0.717, 1.165) is 19.3 Å². The van der Waals surface area contributed by atoms with Gasteiger partial charge in [0.15, 0.2) is 0 Å². The first-order valence-electron chi connectivity index (χ1n) is 9.55. The molecule has 144 valence electrons. The predicted molar refractivity (Wildman–Crippen MR) is 93.0 cm³/mol. The lowest BCUT2D eigenvalue weighted by Gasteiger charge is -2.55. The predicted octanol–water partition coefficient (Wildman–Crippen LogP) is 2.94. The molecule has 0 heterocycles. The number of ether oxygens (including phenoxy) is 3. The van der Waals surface area contributed by atoms with Gasteiger partial charge in [-0.1, -0.05) is 6.58 Å². The molecule has 0 aliphatic heterocycles. The molecule has 0 radical (unpaired) electrons. The average Bonchev–Trinajstić information content (AvgIpc) is 2.54. The van der Waals surface area contributed by atoms with E-state index >= 15 is 0 Å². The molecule has 6 heteroatoms. The summed E-state index contributed by atoms with van der Waals surface area (Å²) in [6.45, 7) is 4.96. The van der Waals surface area contributed by atoms with Gasteiger partial charge in [-0.25, -0.2) is 4.79 Å². The summed E-state index contributed by atoms with van der Waals surface area (Å²) >= 11 is 0. The van der Waals surface area contributed by atoms with Crippen molar-refractivity contribution in [2.75, 3.05) is 13.2 Å². The van der Waals surface area contributed by atoms with Gasteiger partial charge >= 0.3 is 17.9 Å². The molecule has 0 aromatic carbocycles. The van der Waals surface area contributed by atoms with Crippen LogP contribution in [0.3, 0.4) is 0 Å². The summed E-state index contributed by atoms with van der Waals surface area (Å²) in [5.41, 5.74) is 0.0238. The van der Waals surface area contributed by atoms with Crippen LogP contribution in [0.4, 0.5) is 0 Å². The van der Waals surface area contributed by atoms with Gasteiger partial charge in [0, 0.05) is 5.57 Å². The molecule has 0 atom stereocenters. The zero-order chi connectivity index (χ0) is 18.7. The van der Waals surface area contributed by atoms with Crippen molar-refractivity contribution in [3.8, 4) is 0 Å². The van der Waals surface area contributed by atoms with Crippen LogP contribution in [0.5, 0.6) is 0 Å². The molecule has 0 spiro atoms. The Labute approximate surface area is 154 Å². The molecule has 26 heavy (non-hydrogen) atoms. The van der Waals surface area contributed by atoms with Gasteiger partial charge in [-0.15, -0.1) is 0 Å². The fourth-order valence-corrected chi connectivity index (χ4v) is 5.14. The minimum Gasteiger partial charge on any atom is -0.462 e. The zero-order valence-corrected chi connectivity index (χ0v) is 15.5. The van der Waals surface area contributed by atoms with Gasteiger partial charge in [0.25, 0.3) is 0 Å². The van der Waals surface area contributed by atoms with Crippen LogP contribution in [0.1, 0.15) is 58.3 Å². The molecule has 4 fully saturated rings. The van der Waals surface area contributed by atoms with Crippen molar-refractivity contribution in [3.63, 3.8) is 0 Å². The monoisotopic (exact) mass is 364 g/mol. The summed E-state index contributed by atoms with van der Waals surface area (Å²) in [4.78, 5) is 35.1. The van der Waals surface area contributed by atoms with Crippen LogP contribution in [0.2, 0.25) is 0 Å². The van der Waals surface area contributed by atoms with E-state index in [1.54, 1.807) is 6.92 Å². The largest absolute Gasteiger partial charge is 0.462 e. The van der Waals surface area contributed by atoms with Crippen molar-refractivity contribution in [1.82, 2.24) is 0 Å². The molecule has 6 nitrogen and oxygen atoms in total. The Bertz CT molecular complexity index is 558. The first-order valence-corrected chi connectivity index (χ1v) is 9.55. The Morgan fingerprint density at radius 2 is 1.38 bits per heavy atom. The van der Waals surface area contributed by atoms with Crippen molar-refractivity contribution in [2.24, 2.45) is 17.8 Å². The second-order valence-electron chi connectivity index (χ2n) is 8.21. The summed E-state index contributed by atoms with van der Waals surface area (Å²) < 4.78 is 15.7. The normalized spacial score (nSPS) is 31.3. The molecule has 0 aromatic heterocycles. The number of carbonyl (C=O) groups excluding carboxylic acids is 3. The lowest BCUT2D eigenvalue weighted by atomic mass is 9.54. The maximum atomic E-state index is 12.2. The van der Waals surface area contributed by atoms with Crippen molar-refractivity contribution in [2.45, 2.75) is 63.9 Å². The molecule has 4 rings (SSSR count). The van der Waals surface area contributed by atoms with E-state index in [-0.39, 0.29) is 37.6 Å². The first-order chi connectivity index (χ1) is 12.3. The van der Waals surface area contributed by atoms with Gasteiger partial charge in [-0.2, -0.15) is 0 Å².